The van der Waals surface area contributed by atoms with Gasteiger partial charge in [-0.2, -0.15) is 13.2 Å². The zero-order valence-corrected chi connectivity index (χ0v) is 21.6. The smallest absolute Gasteiger partial charge is 0.384 e. The SMILES string of the molecule is C=CC(=O)N1CCN(c2ncnc3cc(N(CCN(C)CCl)c4nc(N)ccc4C(F)(F)F)ccc23)CC1. The first-order valence-electron chi connectivity index (χ1n) is 11.9. The van der Waals surface area contributed by atoms with Crippen LogP contribution in [0.25, 0.3) is 10.9 Å². The van der Waals surface area contributed by atoms with Gasteiger partial charge in [0.25, 0.3) is 0 Å². The van der Waals surface area contributed by atoms with Crippen molar-refractivity contribution in [2.45, 2.75) is 6.18 Å². The molecule has 0 aliphatic carbocycles. The van der Waals surface area contributed by atoms with Gasteiger partial charge < -0.3 is 20.4 Å². The zero-order chi connectivity index (χ0) is 27.4. The number of fused-ring (bicyclic) bond motifs is 1. The molecule has 3 heterocycles. The fourth-order valence-electron chi connectivity index (χ4n) is 4.30. The van der Waals surface area contributed by atoms with E-state index in [4.69, 9.17) is 17.3 Å². The van der Waals surface area contributed by atoms with E-state index >= 15 is 0 Å². The number of amides is 1. The second kappa shape index (κ2) is 11.4. The number of halogens is 4. The molecule has 0 saturated carbocycles. The van der Waals surface area contributed by atoms with Crippen LogP contribution in [-0.4, -0.2) is 83.0 Å². The number of nitrogens with zero attached hydrogens (tertiary/aromatic N) is 7. The third kappa shape index (κ3) is 5.91. The number of alkyl halides is 4. The fourth-order valence-corrected chi connectivity index (χ4v) is 4.42. The number of hydrogen-bond donors (Lipinski definition) is 1. The number of nitrogen functional groups attached to an aromatic ring is 1. The summed E-state index contributed by atoms with van der Waals surface area (Å²) in [5, 5.41) is 0.745. The molecule has 2 aromatic heterocycles. The van der Waals surface area contributed by atoms with Crippen molar-refractivity contribution in [2.24, 2.45) is 0 Å². The van der Waals surface area contributed by atoms with Gasteiger partial charge in [-0.25, -0.2) is 15.0 Å². The van der Waals surface area contributed by atoms with Gasteiger partial charge in [0.15, 0.2) is 0 Å². The van der Waals surface area contributed by atoms with Crippen molar-refractivity contribution in [1.29, 1.82) is 0 Å². The van der Waals surface area contributed by atoms with Gasteiger partial charge in [-0.1, -0.05) is 6.58 Å². The van der Waals surface area contributed by atoms with Crippen molar-refractivity contribution >= 4 is 51.6 Å². The van der Waals surface area contributed by atoms with Crippen LogP contribution in [0, 0.1) is 0 Å². The lowest BCUT2D eigenvalue weighted by atomic mass is 10.1. The highest BCUT2D eigenvalue weighted by Crippen LogP contribution is 2.39. The first-order chi connectivity index (χ1) is 18.1. The van der Waals surface area contributed by atoms with E-state index in [2.05, 4.69) is 26.4 Å². The number of pyridine rings is 1. The van der Waals surface area contributed by atoms with Gasteiger partial charge >= 0.3 is 6.18 Å². The number of rotatable bonds is 8. The Balaban J connectivity index is 1.72. The molecule has 4 rings (SSSR count). The second-order valence-corrected chi connectivity index (χ2v) is 9.11. The van der Waals surface area contributed by atoms with Crippen molar-refractivity contribution in [1.82, 2.24) is 24.8 Å². The van der Waals surface area contributed by atoms with Crippen LogP contribution < -0.4 is 15.5 Å². The molecule has 0 atom stereocenters. The number of likely N-dealkylation sites (N-methyl/N-ethyl adjacent to an activating group) is 1. The molecule has 0 radical (unpaired) electrons. The van der Waals surface area contributed by atoms with Crippen LogP contribution in [0.4, 0.5) is 36.3 Å². The van der Waals surface area contributed by atoms with Crippen LogP contribution in [0.1, 0.15) is 5.56 Å². The van der Waals surface area contributed by atoms with E-state index in [0.29, 0.717) is 49.7 Å². The molecule has 3 aromatic rings. The summed E-state index contributed by atoms with van der Waals surface area (Å²) in [6.45, 7) is 6.28. The van der Waals surface area contributed by atoms with Crippen LogP contribution >= 0.6 is 11.6 Å². The van der Waals surface area contributed by atoms with Gasteiger partial charge in [0, 0.05) is 50.3 Å². The molecule has 1 amide bonds. The third-order valence-corrected chi connectivity index (χ3v) is 6.75. The number of piperazine rings is 1. The summed E-state index contributed by atoms with van der Waals surface area (Å²) in [5.41, 5.74) is 5.94. The summed E-state index contributed by atoms with van der Waals surface area (Å²) in [5.74, 6) is 0.258. The summed E-state index contributed by atoms with van der Waals surface area (Å²) in [6.07, 6.45) is -1.91. The van der Waals surface area contributed by atoms with E-state index in [9.17, 15) is 18.0 Å². The van der Waals surface area contributed by atoms with E-state index < -0.39 is 11.7 Å². The van der Waals surface area contributed by atoms with E-state index in [1.807, 2.05) is 0 Å². The van der Waals surface area contributed by atoms with Crippen molar-refractivity contribution in [3.05, 3.63) is 54.9 Å². The highest BCUT2D eigenvalue weighted by atomic mass is 35.5. The fraction of sp³-hybridized carbons (Fsp3) is 0.360. The first-order valence-corrected chi connectivity index (χ1v) is 12.4. The van der Waals surface area contributed by atoms with E-state index in [1.165, 1.54) is 17.3 Å². The van der Waals surface area contributed by atoms with Crippen LogP contribution in [0.5, 0.6) is 0 Å². The summed E-state index contributed by atoms with van der Waals surface area (Å²) < 4.78 is 41.8. The first kappa shape index (κ1) is 27.4. The van der Waals surface area contributed by atoms with Gasteiger partial charge in [-0.15, -0.1) is 11.6 Å². The predicted octanol–water partition coefficient (Wildman–Crippen LogP) is 3.73. The standard InChI is InChI=1S/C25H28ClF3N8O/c1-3-22(38)35-9-11-36(12-10-35)23-18-5-4-17(14-20(18)31-16-32-23)37(13-8-34(2)15-26)24-19(25(27,28)29)6-7-21(30)33-24/h3-7,14,16H,1,8-13,15H2,2H3,(H2,30,33). The number of carbonyl (C=O) groups excluding carboxylic acids is 1. The molecule has 1 fully saturated rings. The molecule has 1 aliphatic rings. The molecule has 9 nitrogen and oxygen atoms in total. The average Bonchev–Trinajstić information content (AvgIpc) is 2.91. The molecule has 202 valence electrons. The lowest BCUT2D eigenvalue weighted by molar-refractivity contribution is -0.137. The number of aromatic nitrogens is 3. The van der Waals surface area contributed by atoms with Crippen molar-refractivity contribution < 1.29 is 18.0 Å². The molecule has 1 aromatic carbocycles. The van der Waals surface area contributed by atoms with Gasteiger partial charge in [-0.3, -0.25) is 9.69 Å². The van der Waals surface area contributed by atoms with Crippen molar-refractivity contribution in [3.8, 4) is 0 Å². The number of hydrogen-bond acceptors (Lipinski definition) is 8. The maximum atomic E-state index is 13.9. The maximum absolute atomic E-state index is 13.9. The average molecular weight is 549 g/mol. The maximum Gasteiger partial charge on any atom is 0.419 e. The Hall–Kier alpha value is -3.64. The van der Waals surface area contributed by atoms with Crippen LogP contribution in [-0.2, 0) is 11.0 Å². The molecular weight excluding hydrogens is 521 g/mol. The minimum Gasteiger partial charge on any atom is -0.384 e. The topological polar surface area (TPSA) is 94.7 Å². The Morgan fingerprint density at radius 3 is 2.55 bits per heavy atom. The highest BCUT2D eigenvalue weighted by molar-refractivity contribution is 6.17. The minimum atomic E-state index is -4.63. The number of benzene rings is 1. The number of carbonyl (C=O) groups is 1. The van der Waals surface area contributed by atoms with Crippen molar-refractivity contribution in [2.75, 3.05) is 67.9 Å². The normalized spacial score (nSPS) is 14.3. The molecule has 0 bridgehead atoms. The predicted molar refractivity (Wildman–Crippen MR) is 143 cm³/mol. The summed E-state index contributed by atoms with van der Waals surface area (Å²) in [6, 6.07) is 7.51. The zero-order valence-electron chi connectivity index (χ0n) is 20.8. The van der Waals surface area contributed by atoms with E-state index in [1.54, 1.807) is 35.0 Å². The Bertz CT molecular complexity index is 1310. The summed E-state index contributed by atoms with van der Waals surface area (Å²) in [7, 11) is 1.77. The third-order valence-electron chi connectivity index (χ3n) is 6.34. The summed E-state index contributed by atoms with van der Waals surface area (Å²) >= 11 is 5.90. The Morgan fingerprint density at radius 1 is 1.16 bits per heavy atom. The summed E-state index contributed by atoms with van der Waals surface area (Å²) in [4.78, 5) is 31.9. The van der Waals surface area contributed by atoms with Crippen molar-refractivity contribution in [3.63, 3.8) is 0 Å². The molecule has 38 heavy (non-hydrogen) atoms. The van der Waals surface area contributed by atoms with Crippen LogP contribution in [0.2, 0.25) is 0 Å². The molecular formula is C25H28ClF3N8O. The van der Waals surface area contributed by atoms with Crippen LogP contribution in [0.15, 0.2) is 49.3 Å². The molecule has 0 spiro atoms. The quantitative estimate of drug-likeness (QED) is 0.258. The lowest BCUT2D eigenvalue weighted by Gasteiger charge is -2.35. The largest absolute Gasteiger partial charge is 0.419 e. The van der Waals surface area contributed by atoms with Gasteiger partial charge in [0.1, 0.15) is 23.8 Å². The molecule has 2 N–H and O–H groups in total. The Morgan fingerprint density at radius 2 is 1.89 bits per heavy atom. The molecule has 13 heteroatoms. The number of nitrogens with two attached hydrogens (primary N) is 1. The molecule has 1 saturated heterocycles. The minimum absolute atomic E-state index is 0.0248. The lowest BCUT2D eigenvalue weighted by Crippen LogP contribution is -2.48. The second-order valence-electron chi connectivity index (χ2n) is 8.87. The Kier molecular flexibility index (Phi) is 8.22. The highest BCUT2D eigenvalue weighted by Gasteiger charge is 2.36. The van der Waals surface area contributed by atoms with Gasteiger partial charge in [0.05, 0.1) is 17.1 Å². The van der Waals surface area contributed by atoms with E-state index in [0.717, 1.165) is 17.5 Å². The number of anilines is 4. The Labute approximate surface area is 223 Å². The van der Waals surface area contributed by atoms with Crippen LogP contribution in [0.3, 0.4) is 0 Å². The molecule has 0 unspecified atom stereocenters. The molecule has 1 aliphatic heterocycles. The van der Waals surface area contributed by atoms with Gasteiger partial charge in [0.2, 0.25) is 5.91 Å². The van der Waals surface area contributed by atoms with Gasteiger partial charge in [-0.05, 0) is 43.5 Å². The van der Waals surface area contributed by atoms with E-state index in [-0.39, 0.29) is 30.1 Å². The monoisotopic (exact) mass is 548 g/mol.